The molecule has 1 amide bonds. The van der Waals surface area contributed by atoms with Gasteiger partial charge >= 0.3 is 5.97 Å². The molecule has 2 aromatic rings. The summed E-state index contributed by atoms with van der Waals surface area (Å²) < 4.78 is 4.92. The molecule has 0 saturated carbocycles. The van der Waals surface area contributed by atoms with Crippen LogP contribution in [0.5, 0.6) is 0 Å². The lowest BCUT2D eigenvalue weighted by Gasteiger charge is -2.08. The van der Waals surface area contributed by atoms with E-state index < -0.39 is 18.5 Å². The SMILES string of the molecule is C=CCNc1nc(C(=O)OCC(=O)Nc2nc(C)c(Cl)cc2Cl)cs1. The van der Waals surface area contributed by atoms with E-state index in [-0.39, 0.29) is 16.5 Å². The Morgan fingerprint density at radius 1 is 1.36 bits per heavy atom. The van der Waals surface area contributed by atoms with Crippen molar-refractivity contribution in [3.8, 4) is 0 Å². The highest BCUT2D eigenvalue weighted by molar-refractivity contribution is 7.13. The number of hydrogen-bond acceptors (Lipinski definition) is 7. The maximum Gasteiger partial charge on any atom is 0.358 e. The molecule has 2 N–H and O–H groups in total. The third-order valence-corrected chi connectivity index (χ3v) is 4.28. The molecule has 0 aliphatic rings. The average molecular weight is 401 g/mol. The Kier molecular flexibility index (Phi) is 6.74. The number of carbonyl (C=O) groups is 2. The summed E-state index contributed by atoms with van der Waals surface area (Å²) in [5.41, 5.74) is 0.628. The fourth-order valence-electron chi connectivity index (χ4n) is 1.63. The highest BCUT2D eigenvalue weighted by Crippen LogP contribution is 2.25. The second-order valence-electron chi connectivity index (χ2n) is 4.72. The lowest BCUT2D eigenvalue weighted by atomic mass is 10.3. The van der Waals surface area contributed by atoms with Crippen LogP contribution in [0.15, 0.2) is 24.1 Å². The van der Waals surface area contributed by atoms with Gasteiger partial charge in [-0.25, -0.2) is 14.8 Å². The molecule has 0 spiro atoms. The van der Waals surface area contributed by atoms with Crippen LogP contribution >= 0.6 is 34.5 Å². The first-order chi connectivity index (χ1) is 11.9. The van der Waals surface area contributed by atoms with Gasteiger partial charge in [-0.2, -0.15) is 0 Å². The molecule has 0 atom stereocenters. The quantitative estimate of drug-likeness (QED) is 0.545. The van der Waals surface area contributed by atoms with Gasteiger partial charge in [-0.3, -0.25) is 4.79 Å². The third kappa shape index (κ3) is 5.42. The molecule has 0 unspecified atom stereocenters. The van der Waals surface area contributed by atoms with E-state index in [0.717, 1.165) is 0 Å². The normalized spacial score (nSPS) is 10.2. The molecule has 0 radical (unpaired) electrons. The van der Waals surface area contributed by atoms with Gasteiger partial charge in [0.25, 0.3) is 5.91 Å². The number of carbonyl (C=O) groups excluding carboxylic acids is 2. The molecule has 25 heavy (non-hydrogen) atoms. The van der Waals surface area contributed by atoms with Crippen LogP contribution in [0.2, 0.25) is 10.0 Å². The molecule has 7 nitrogen and oxygen atoms in total. The number of nitrogens with one attached hydrogen (secondary N) is 2. The van der Waals surface area contributed by atoms with Gasteiger partial charge < -0.3 is 15.4 Å². The minimum atomic E-state index is -0.704. The Labute approximate surface area is 158 Å². The van der Waals surface area contributed by atoms with E-state index in [1.54, 1.807) is 13.0 Å². The third-order valence-electron chi connectivity index (χ3n) is 2.81. The summed E-state index contributed by atoms with van der Waals surface area (Å²) in [4.78, 5) is 31.9. The second kappa shape index (κ2) is 8.80. The molecule has 2 rings (SSSR count). The molecule has 10 heteroatoms. The minimum Gasteiger partial charge on any atom is -0.451 e. The topological polar surface area (TPSA) is 93.2 Å². The number of aryl methyl sites for hydroxylation is 1. The van der Waals surface area contributed by atoms with Gasteiger partial charge in [0.2, 0.25) is 0 Å². The van der Waals surface area contributed by atoms with E-state index in [1.165, 1.54) is 22.8 Å². The van der Waals surface area contributed by atoms with Crippen molar-refractivity contribution in [1.29, 1.82) is 0 Å². The number of ether oxygens (including phenoxy) is 1. The van der Waals surface area contributed by atoms with Crippen LogP contribution in [-0.4, -0.2) is 35.0 Å². The highest BCUT2D eigenvalue weighted by Gasteiger charge is 2.15. The summed E-state index contributed by atoms with van der Waals surface area (Å²) in [5, 5.41) is 8.08. The summed E-state index contributed by atoms with van der Waals surface area (Å²) in [6.07, 6.45) is 1.67. The van der Waals surface area contributed by atoms with Crippen molar-refractivity contribution in [1.82, 2.24) is 9.97 Å². The van der Waals surface area contributed by atoms with Crippen molar-refractivity contribution in [3.05, 3.63) is 45.5 Å². The van der Waals surface area contributed by atoms with Crippen molar-refractivity contribution in [2.45, 2.75) is 6.92 Å². The second-order valence-corrected chi connectivity index (χ2v) is 6.39. The van der Waals surface area contributed by atoms with Crippen LogP contribution in [0.4, 0.5) is 10.9 Å². The van der Waals surface area contributed by atoms with Crippen LogP contribution in [0.3, 0.4) is 0 Å². The zero-order valence-corrected chi connectivity index (χ0v) is 15.5. The first kappa shape index (κ1) is 19.2. The van der Waals surface area contributed by atoms with Gasteiger partial charge in [0.05, 0.1) is 15.7 Å². The lowest BCUT2D eigenvalue weighted by Crippen LogP contribution is -2.22. The van der Waals surface area contributed by atoms with Crippen LogP contribution in [0.25, 0.3) is 0 Å². The molecule has 0 aliphatic heterocycles. The Balaban J connectivity index is 1.89. The number of esters is 1. The van der Waals surface area contributed by atoms with Crippen molar-refractivity contribution in [3.63, 3.8) is 0 Å². The van der Waals surface area contributed by atoms with Gasteiger partial charge in [0, 0.05) is 11.9 Å². The van der Waals surface area contributed by atoms with Gasteiger partial charge in [-0.1, -0.05) is 29.3 Å². The van der Waals surface area contributed by atoms with Crippen LogP contribution < -0.4 is 10.6 Å². The van der Waals surface area contributed by atoms with Gasteiger partial charge in [-0.05, 0) is 13.0 Å². The van der Waals surface area contributed by atoms with Crippen LogP contribution in [-0.2, 0) is 9.53 Å². The molecule has 132 valence electrons. The first-order valence-electron chi connectivity index (χ1n) is 7.00. The van der Waals surface area contributed by atoms with E-state index >= 15 is 0 Å². The largest absolute Gasteiger partial charge is 0.451 e. The maximum absolute atomic E-state index is 11.9. The molecule has 2 heterocycles. The minimum absolute atomic E-state index is 0.114. The summed E-state index contributed by atoms with van der Waals surface area (Å²) in [7, 11) is 0. The Hall–Kier alpha value is -2.16. The Morgan fingerprint density at radius 3 is 2.84 bits per heavy atom. The Morgan fingerprint density at radius 2 is 2.12 bits per heavy atom. The monoisotopic (exact) mass is 400 g/mol. The number of nitrogens with zero attached hydrogens (tertiary/aromatic N) is 2. The molecule has 2 aromatic heterocycles. The number of amides is 1. The predicted octanol–water partition coefficient (Wildman–Crippen LogP) is 3.55. The molecular weight excluding hydrogens is 387 g/mol. The van der Waals surface area contributed by atoms with Gasteiger partial charge in [-0.15, -0.1) is 17.9 Å². The zero-order chi connectivity index (χ0) is 18.4. The predicted molar refractivity (Wildman–Crippen MR) is 98.7 cm³/mol. The van der Waals surface area contributed by atoms with E-state index in [0.29, 0.717) is 22.4 Å². The summed E-state index contributed by atoms with van der Waals surface area (Å²) >= 11 is 13.1. The summed E-state index contributed by atoms with van der Waals surface area (Å²) in [6.45, 7) is 5.28. The lowest BCUT2D eigenvalue weighted by molar-refractivity contribution is -0.119. The highest BCUT2D eigenvalue weighted by atomic mass is 35.5. The average Bonchev–Trinajstić information content (AvgIpc) is 3.04. The number of pyridine rings is 1. The number of hydrogen-bond donors (Lipinski definition) is 2. The molecule has 0 bridgehead atoms. The van der Waals surface area contributed by atoms with E-state index in [2.05, 4.69) is 27.2 Å². The molecular formula is C15H14Cl2N4O3S. The smallest absolute Gasteiger partial charge is 0.358 e. The van der Waals surface area contributed by atoms with Crippen LogP contribution in [0, 0.1) is 6.92 Å². The fraction of sp³-hybridized carbons (Fsp3) is 0.200. The zero-order valence-electron chi connectivity index (χ0n) is 13.1. The van der Waals surface area contributed by atoms with E-state index in [4.69, 9.17) is 27.9 Å². The van der Waals surface area contributed by atoms with Crippen molar-refractivity contribution >= 4 is 57.4 Å². The number of aromatic nitrogens is 2. The maximum atomic E-state index is 11.9. The van der Waals surface area contributed by atoms with Crippen molar-refractivity contribution in [2.24, 2.45) is 0 Å². The summed E-state index contributed by atoms with van der Waals surface area (Å²) in [5.74, 6) is -1.14. The number of rotatable bonds is 7. The van der Waals surface area contributed by atoms with E-state index in [9.17, 15) is 9.59 Å². The van der Waals surface area contributed by atoms with Gasteiger partial charge in [0.15, 0.2) is 23.3 Å². The molecule has 0 saturated heterocycles. The molecule has 0 aromatic carbocycles. The molecule has 0 aliphatic carbocycles. The summed E-state index contributed by atoms with van der Waals surface area (Å²) in [6, 6.07) is 1.47. The van der Waals surface area contributed by atoms with E-state index in [1.807, 2.05) is 0 Å². The number of halogens is 2. The number of anilines is 2. The fourth-order valence-corrected chi connectivity index (χ4v) is 2.72. The molecule has 0 fully saturated rings. The standard InChI is InChI=1S/C15H14Cl2N4O3S/c1-3-4-18-15-20-11(7-25-15)14(23)24-6-12(22)21-13-10(17)5-9(16)8(2)19-13/h3,5,7H,1,4,6H2,2H3,(H,18,20)(H,19,21,22). The van der Waals surface area contributed by atoms with Gasteiger partial charge in [0.1, 0.15) is 0 Å². The van der Waals surface area contributed by atoms with Crippen molar-refractivity contribution < 1.29 is 14.3 Å². The number of thiazole rings is 1. The Bertz CT molecular complexity index is 810. The first-order valence-corrected chi connectivity index (χ1v) is 8.64. The van der Waals surface area contributed by atoms with Crippen molar-refractivity contribution in [2.75, 3.05) is 23.8 Å². The van der Waals surface area contributed by atoms with Crippen LogP contribution in [0.1, 0.15) is 16.2 Å².